The molecule has 61 heavy (non-hydrogen) atoms. The van der Waals surface area contributed by atoms with Crippen LogP contribution in [-0.2, 0) is 0 Å². The normalized spacial score (nSPS) is 11.6. The largest absolute Gasteiger partial charge is 0.455 e. The molecule has 0 aliphatic rings. The highest BCUT2D eigenvalue weighted by atomic mass is 16.3. The van der Waals surface area contributed by atoms with Gasteiger partial charge in [-0.15, -0.1) is 0 Å². The van der Waals surface area contributed by atoms with Crippen LogP contribution in [0, 0.1) is 0 Å². The fourth-order valence-corrected chi connectivity index (χ4v) is 9.34. The molecule has 0 bridgehead atoms. The molecular formula is C58H38N2O. The Hall–Kier alpha value is -8.14. The molecule has 0 spiro atoms. The lowest BCUT2D eigenvalue weighted by molar-refractivity contribution is 0.670. The van der Waals surface area contributed by atoms with Gasteiger partial charge in [0.2, 0.25) is 0 Å². The van der Waals surface area contributed by atoms with E-state index in [0.717, 1.165) is 66.9 Å². The maximum Gasteiger partial charge on any atom is 0.145 e. The summed E-state index contributed by atoms with van der Waals surface area (Å²) < 4.78 is 9.29. The summed E-state index contributed by atoms with van der Waals surface area (Å²) in [5, 5.41) is 6.96. The molecule has 12 rings (SSSR count). The summed E-state index contributed by atoms with van der Waals surface area (Å²) in [5.41, 5.74) is 15.4. The Morgan fingerprint density at radius 3 is 1.70 bits per heavy atom. The zero-order valence-electron chi connectivity index (χ0n) is 33.2. The van der Waals surface area contributed by atoms with E-state index < -0.39 is 0 Å². The third-order valence-corrected chi connectivity index (χ3v) is 12.2. The molecule has 0 fully saturated rings. The standard InChI is InChI=1S/C58H38N2O/c1-3-14-39(15-4-1)40-26-28-41(29-27-40)42-30-32-45(33-31-42)59(46-34-36-54-52(38-46)49-21-9-11-24-53(49)60(54)44-18-5-2-6-19-44)55-37-35-50(48-23-13-17-43-16-7-8-20-47(43)48)58-57(55)51-22-10-12-25-56(51)61-58/h1-38H. The van der Waals surface area contributed by atoms with Crippen molar-refractivity contribution in [2.24, 2.45) is 0 Å². The minimum absolute atomic E-state index is 0.863. The first-order valence-electron chi connectivity index (χ1n) is 20.8. The maximum atomic E-state index is 6.92. The average molecular weight is 779 g/mol. The van der Waals surface area contributed by atoms with Crippen LogP contribution in [0.5, 0.6) is 0 Å². The van der Waals surface area contributed by atoms with Crippen LogP contribution in [0.15, 0.2) is 235 Å². The predicted octanol–water partition coefficient (Wildman–Crippen LogP) is 16.3. The summed E-state index contributed by atoms with van der Waals surface area (Å²) in [7, 11) is 0. The summed E-state index contributed by atoms with van der Waals surface area (Å²) in [5.74, 6) is 0. The molecule has 0 N–H and O–H groups in total. The minimum atomic E-state index is 0.863. The average Bonchev–Trinajstić information content (AvgIpc) is 3.89. The van der Waals surface area contributed by atoms with Gasteiger partial charge in [-0.1, -0.05) is 164 Å². The second kappa shape index (κ2) is 14.3. The van der Waals surface area contributed by atoms with Crippen LogP contribution in [-0.4, -0.2) is 4.57 Å². The quantitative estimate of drug-likeness (QED) is 0.161. The van der Waals surface area contributed by atoms with Gasteiger partial charge < -0.3 is 13.9 Å². The molecular weight excluding hydrogens is 741 g/mol. The Balaban J connectivity index is 1.08. The number of nitrogens with zero attached hydrogens (tertiary/aromatic N) is 2. The third kappa shape index (κ3) is 5.82. The van der Waals surface area contributed by atoms with E-state index in [-0.39, 0.29) is 0 Å². The monoisotopic (exact) mass is 778 g/mol. The van der Waals surface area contributed by atoms with Crippen LogP contribution >= 0.6 is 0 Å². The van der Waals surface area contributed by atoms with Crippen molar-refractivity contribution in [3.8, 4) is 39.1 Å². The lowest BCUT2D eigenvalue weighted by Gasteiger charge is -2.27. The fourth-order valence-electron chi connectivity index (χ4n) is 9.34. The van der Waals surface area contributed by atoms with Crippen molar-refractivity contribution in [3.63, 3.8) is 0 Å². The molecule has 0 saturated heterocycles. The van der Waals surface area contributed by atoms with Gasteiger partial charge in [-0.3, -0.25) is 0 Å². The van der Waals surface area contributed by atoms with E-state index in [0.29, 0.717) is 0 Å². The highest BCUT2D eigenvalue weighted by Crippen LogP contribution is 2.48. The first kappa shape index (κ1) is 34.9. The van der Waals surface area contributed by atoms with E-state index in [2.05, 4.69) is 240 Å². The predicted molar refractivity (Wildman–Crippen MR) is 257 cm³/mol. The van der Waals surface area contributed by atoms with Crippen LogP contribution in [0.2, 0.25) is 0 Å². The first-order chi connectivity index (χ1) is 30.3. The number of para-hydroxylation sites is 3. The number of rotatable bonds is 7. The molecule has 0 aliphatic heterocycles. The van der Waals surface area contributed by atoms with Gasteiger partial charge in [-0.25, -0.2) is 0 Å². The smallest absolute Gasteiger partial charge is 0.145 e. The van der Waals surface area contributed by atoms with Gasteiger partial charge >= 0.3 is 0 Å². The summed E-state index contributed by atoms with van der Waals surface area (Å²) in [6, 6.07) is 82.8. The second-order valence-corrected chi connectivity index (χ2v) is 15.7. The number of hydrogen-bond acceptors (Lipinski definition) is 2. The topological polar surface area (TPSA) is 21.3 Å². The number of furan rings is 1. The van der Waals surface area contributed by atoms with Gasteiger partial charge in [0.25, 0.3) is 0 Å². The summed E-state index contributed by atoms with van der Waals surface area (Å²) in [4.78, 5) is 2.41. The van der Waals surface area contributed by atoms with Crippen molar-refractivity contribution in [3.05, 3.63) is 231 Å². The summed E-state index contributed by atoms with van der Waals surface area (Å²) in [6.07, 6.45) is 0. The third-order valence-electron chi connectivity index (χ3n) is 12.2. The van der Waals surface area contributed by atoms with Gasteiger partial charge in [0, 0.05) is 38.8 Å². The SMILES string of the molecule is c1ccc(-c2ccc(-c3ccc(N(c4ccc5c(c4)c4ccccc4n5-c4ccccc4)c4ccc(-c5cccc6ccccc56)c5oc6ccccc6c45)cc3)cc2)cc1. The molecule has 0 amide bonds. The number of hydrogen-bond donors (Lipinski definition) is 0. The van der Waals surface area contributed by atoms with Crippen LogP contribution < -0.4 is 4.90 Å². The Kier molecular flexibility index (Phi) is 8.17. The number of fused-ring (bicyclic) bond motifs is 7. The van der Waals surface area contributed by atoms with E-state index in [4.69, 9.17) is 4.42 Å². The van der Waals surface area contributed by atoms with Crippen molar-refractivity contribution >= 4 is 71.6 Å². The molecule has 0 unspecified atom stereocenters. The highest BCUT2D eigenvalue weighted by Gasteiger charge is 2.24. The zero-order chi connectivity index (χ0) is 40.3. The molecule has 3 heteroatoms. The van der Waals surface area contributed by atoms with Gasteiger partial charge in [0.15, 0.2) is 0 Å². The fraction of sp³-hybridized carbons (Fsp3) is 0. The van der Waals surface area contributed by atoms with Gasteiger partial charge in [-0.2, -0.15) is 0 Å². The molecule has 12 aromatic rings. The van der Waals surface area contributed by atoms with E-state index in [9.17, 15) is 0 Å². The van der Waals surface area contributed by atoms with Crippen molar-refractivity contribution in [2.45, 2.75) is 0 Å². The number of anilines is 3. The Morgan fingerprint density at radius 2 is 0.934 bits per heavy atom. The van der Waals surface area contributed by atoms with Crippen molar-refractivity contribution in [1.82, 2.24) is 4.57 Å². The van der Waals surface area contributed by atoms with Gasteiger partial charge in [0.1, 0.15) is 11.2 Å². The molecule has 0 atom stereocenters. The molecule has 10 aromatic carbocycles. The van der Waals surface area contributed by atoms with Crippen molar-refractivity contribution in [1.29, 1.82) is 0 Å². The molecule has 0 aliphatic carbocycles. The molecule has 0 saturated carbocycles. The molecule has 286 valence electrons. The number of aromatic nitrogens is 1. The second-order valence-electron chi connectivity index (χ2n) is 15.7. The zero-order valence-corrected chi connectivity index (χ0v) is 33.2. The lowest BCUT2D eigenvalue weighted by atomic mass is 9.95. The van der Waals surface area contributed by atoms with Crippen LogP contribution in [0.4, 0.5) is 17.1 Å². The van der Waals surface area contributed by atoms with E-state index in [1.54, 1.807) is 0 Å². The van der Waals surface area contributed by atoms with Gasteiger partial charge in [-0.05, 0) is 105 Å². The van der Waals surface area contributed by atoms with Crippen LogP contribution in [0.25, 0.3) is 93.6 Å². The minimum Gasteiger partial charge on any atom is -0.455 e. The van der Waals surface area contributed by atoms with E-state index in [1.165, 1.54) is 43.8 Å². The molecule has 2 heterocycles. The Labute approximate surface area is 353 Å². The van der Waals surface area contributed by atoms with Crippen molar-refractivity contribution < 1.29 is 4.42 Å². The number of benzene rings is 10. The summed E-state index contributed by atoms with van der Waals surface area (Å²) >= 11 is 0. The molecule has 0 radical (unpaired) electrons. The van der Waals surface area contributed by atoms with Crippen LogP contribution in [0.1, 0.15) is 0 Å². The van der Waals surface area contributed by atoms with E-state index >= 15 is 0 Å². The Morgan fingerprint density at radius 1 is 0.361 bits per heavy atom. The highest BCUT2D eigenvalue weighted by molar-refractivity contribution is 6.19. The first-order valence-corrected chi connectivity index (χ1v) is 20.8. The van der Waals surface area contributed by atoms with Crippen LogP contribution in [0.3, 0.4) is 0 Å². The van der Waals surface area contributed by atoms with Gasteiger partial charge in [0.05, 0.1) is 22.1 Å². The van der Waals surface area contributed by atoms with E-state index in [1.807, 2.05) is 0 Å². The lowest BCUT2D eigenvalue weighted by Crippen LogP contribution is -2.10. The maximum absolute atomic E-state index is 6.92. The molecule has 2 aromatic heterocycles. The Bertz CT molecular complexity index is 3560. The summed E-state index contributed by atoms with van der Waals surface area (Å²) in [6.45, 7) is 0. The molecule has 3 nitrogen and oxygen atoms in total. The van der Waals surface area contributed by atoms with Crippen molar-refractivity contribution in [2.75, 3.05) is 4.90 Å².